The van der Waals surface area contributed by atoms with Crippen molar-refractivity contribution in [3.8, 4) is 0 Å². The molecule has 1 rings (SSSR count). The third-order valence-corrected chi connectivity index (χ3v) is 3.51. The molecule has 0 N–H and O–H groups in total. The molecule has 0 aliphatic rings. The number of hydrogen-bond acceptors (Lipinski definition) is 1. The van der Waals surface area contributed by atoms with Crippen molar-refractivity contribution >= 4 is 0 Å². The lowest BCUT2D eigenvalue weighted by molar-refractivity contribution is 0.414. The minimum atomic E-state index is 0.214. The van der Waals surface area contributed by atoms with Gasteiger partial charge in [-0.15, -0.1) is 0 Å². The summed E-state index contributed by atoms with van der Waals surface area (Å²) in [6, 6.07) is 8.82. The zero-order valence-electron chi connectivity index (χ0n) is 13.5. The molecule has 0 bridgehead atoms. The predicted octanol–water partition coefficient (Wildman–Crippen LogP) is 4.77. The molecule has 1 nitrogen and oxygen atoms in total. The highest BCUT2D eigenvalue weighted by atomic mass is 15.1. The zero-order chi connectivity index (χ0) is 14.5. The van der Waals surface area contributed by atoms with Crippen molar-refractivity contribution in [2.75, 3.05) is 13.1 Å². The molecule has 0 saturated heterocycles. The Bertz CT molecular complexity index is 420. The largest absolute Gasteiger partial charge is 0.378 e. The maximum atomic E-state index is 2.36. The maximum Gasteiger partial charge on any atom is 0.0143 e. The summed E-state index contributed by atoms with van der Waals surface area (Å²) < 4.78 is 0. The second kappa shape index (κ2) is 6.79. The fraction of sp³-hybridized carbons (Fsp3) is 0.556. The fourth-order valence-electron chi connectivity index (χ4n) is 2.47. The molecule has 106 valence electrons. The van der Waals surface area contributed by atoms with Gasteiger partial charge < -0.3 is 4.90 Å². The zero-order valence-corrected chi connectivity index (χ0v) is 13.5. The van der Waals surface area contributed by atoms with Gasteiger partial charge in [0.25, 0.3) is 0 Å². The first-order chi connectivity index (χ1) is 8.88. The molecule has 19 heavy (non-hydrogen) atoms. The van der Waals surface area contributed by atoms with Gasteiger partial charge >= 0.3 is 0 Å². The van der Waals surface area contributed by atoms with E-state index >= 15 is 0 Å². The van der Waals surface area contributed by atoms with Crippen LogP contribution in [0.25, 0.3) is 0 Å². The fourth-order valence-corrected chi connectivity index (χ4v) is 2.47. The van der Waals surface area contributed by atoms with Crippen molar-refractivity contribution in [3.05, 3.63) is 47.2 Å². The minimum Gasteiger partial charge on any atom is -0.378 e. The van der Waals surface area contributed by atoms with Gasteiger partial charge in [0.15, 0.2) is 0 Å². The summed E-state index contributed by atoms with van der Waals surface area (Å²) >= 11 is 0. The lowest BCUT2D eigenvalue weighted by Crippen LogP contribution is -2.17. The van der Waals surface area contributed by atoms with Gasteiger partial charge in [0.1, 0.15) is 0 Å². The molecule has 0 fully saturated rings. The van der Waals surface area contributed by atoms with Gasteiger partial charge in [-0.3, -0.25) is 0 Å². The molecule has 0 aromatic heterocycles. The number of benzene rings is 1. The van der Waals surface area contributed by atoms with Crippen LogP contribution in [-0.4, -0.2) is 18.0 Å². The topological polar surface area (TPSA) is 3.24 Å². The Morgan fingerprint density at radius 1 is 1.11 bits per heavy atom. The van der Waals surface area contributed by atoms with Crippen LogP contribution in [0.5, 0.6) is 0 Å². The molecular weight excluding hydrogens is 230 g/mol. The summed E-state index contributed by atoms with van der Waals surface area (Å²) in [7, 11) is 0. The van der Waals surface area contributed by atoms with E-state index in [1.165, 1.54) is 16.7 Å². The normalized spacial score (nSPS) is 12.6. The molecule has 1 aromatic carbocycles. The maximum absolute atomic E-state index is 2.36. The van der Waals surface area contributed by atoms with Gasteiger partial charge in [-0.2, -0.15) is 0 Å². The Hall–Kier alpha value is -1.24. The molecule has 0 amide bonds. The lowest BCUT2D eigenvalue weighted by Gasteiger charge is -2.23. The van der Waals surface area contributed by atoms with E-state index in [1.54, 1.807) is 0 Å². The summed E-state index contributed by atoms with van der Waals surface area (Å²) in [5.41, 5.74) is 4.56. The average Bonchev–Trinajstić information content (AvgIpc) is 2.35. The van der Waals surface area contributed by atoms with E-state index in [0.29, 0.717) is 0 Å². The molecule has 0 radical (unpaired) electrons. The van der Waals surface area contributed by atoms with Crippen LogP contribution in [0.3, 0.4) is 0 Å². The van der Waals surface area contributed by atoms with Crippen LogP contribution in [-0.2, 0) is 11.8 Å². The molecule has 0 spiro atoms. The van der Waals surface area contributed by atoms with Crippen molar-refractivity contribution in [2.45, 2.75) is 53.4 Å². The summed E-state index contributed by atoms with van der Waals surface area (Å²) in [6.45, 7) is 15.7. The number of hydrogen-bond donors (Lipinski definition) is 0. The summed E-state index contributed by atoms with van der Waals surface area (Å²) in [5, 5.41) is 0. The van der Waals surface area contributed by atoms with E-state index in [1.807, 2.05) is 0 Å². The van der Waals surface area contributed by atoms with Crippen LogP contribution in [0.4, 0.5) is 0 Å². The van der Waals surface area contributed by atoms with Crippen molar-refractivity contribution in [3.63, 3.8) is 0 Å². The van der Waals surface area contributed by atoms with Crippen molar-refractivity contribution in [2.24, 2.45) is 0 Å². The lowest BCUT2D eigenvalue weighted by atomic mass is 9.82. The van der Waals surface area contributed by atoms with E-state index < -0.39 is 0 Å². The minimum absolute atomic E-state index is 0.214. The molecule has 0 atom stereocenters. The first-order valence-corrected chi connectivity index (χ1v) is 7.38. The monoisotopic (exact) mass is 259 g/mol. The smallest absolute Gasteiger partial charge is 0.0143 e. The molecule has 0 heterocycles. The van der Waals surface area contributed by atoms with Crippen molar-refractivity contribution < 1.29 is 0 Å². The second-order valence-corrected chi connectivity index (χ2v) is 6.28. The highest BCUT2D eigenvalue weighted by molar-refractivity contribution is 5.35. The van der Waals surface area contributed by atoms with E-state index in [0.717, 1.165) is 19.5 Å². The van der Waals surface area contributed by atoms with Gasteiger partial charge in [0.05, 0.1) is 0 Å². The highest BCUT2D eigenvalue weighted by Gasteiger charge is 2.17. The van der Waals surface area contributed by atoms with Gasteiger partial charge in [0, 0.05) is 13.1 Å². The van der Waals surface area contributed by atoms with Crippen LogP contribution >= 0.6 is 0 Å². The standard InChI is InChI=1S/C18H29N/c1-7-19(8-2)14-15(3)13-16-11-9-10-12-17(16)18(4,5)6/h9-12,14H,7-8,13H2,1-6H3. The summed E-state index contributed by atoms with van der Waals surface area (Å²) in [5.74, 6) is 0. The van der Waals surface area contributed by atoms with E-state index in [9.17, 15) is 0 Å². The number of nitrogens with zero attached hydrogens (tertiary/aromatic N) is 1. The Labute approximate surface area is 119 Å². The third-order valence-electron chi connectivity index (χ3n) is 3.51. The number of rotatable bonds is 5. The van der Waals surface area contributed by atoms with Crippen molar-refractivity contribution in [1.29, 1.82) is 0 Å². The predicted molar refractivity (Wildman–Crippen MR) is 85.5 cm³/mol. The summed E-state index contributed by atoms with van der Waals surface area (Å²) in [4.78, 5) is 2.36. The molecular formula is C18H29N. The second-order valence-electron chi connectivity index (χ2n) is 6.28. The van der Waals surface area contributed by atoms with Gasteiger partial charge in [-0.25, -0.2) is 0 Å². The molecule has 1 heteroatoms. The van der Waals surface area contributed by atoms with E-state index in [-0.39, 0.29) is 5.41 Å². The Morgan fingerprint density at radius 3 is 2.21 bits per heavy atom. The molecule has 1 aromatic rings. The average molecular weight is 259 g/mol. The highest BCUT2D eigenvalue weighted by Crippen LogP contribution is 2.27. The van der Waals surface area contributed by atoms with E-state index in [2.05, 4.69) is 76.9 Å². The molecule has 0 aliphatic heterocycles. The van der Waals surface area contributed by atoms with Gasteiger partial charge in [0.2, 0.25) is 0 Å². The van der Waals surface area contributed by atoms with E-state index in [4.69, 9.17) is 0 Å². The van der Waals surface area contributed by atoms with Crippen LogP contribution in [0.1, 0.15) is 52.7 Å². The van der Waals surface area contributed by atoms with Crippen LogP contribution in [0, 0.1) is 0 Å². The van der Waals surface area contributed by atoms with Crippen molar-refractivity contribution in [1.82, 2.24) is 4.90 Å². The van der Waals surface area contributed by atoms with Crippen LogP contribution in [0.2, 0.25) is 0 Å². The quantitative estimate of drug-likeness (QED) is 0.736. The SMILES string of the molecule is CCN(C=C(C)Cc1ccccc1C(C)(C)C)CC. The first kappa shape index (κ1) is 15.8. The number of allylic oxidation sites excluding steroid dienone is 1. The molecule has 0 saturated carbocycles. The van der Waals surface area contributed by atoms with Gasteiger partial charge in [-0.05, 0) is 49.9 Å². The Morgan fingerprint density at radius 2 is 1.68 bits per heavy atom. The third kappa shape index (κ3) is 4.74. The summed E-state index contributed by atoms with van der Waals surface area (Å²) in [6.07, 6.45) is 3.35. The first-order valence-electron chi connectivity index (χ1n) is 7.38. The van der Waals surface area contributed by atoms with Crippen LogP contribution < -0.4 is 0 Å². The Kier molecular flexibility index (Phi) is 5.65. The Balaban J connectivity index is 2.94. The molecule has 0 unspecified atom stereocenters. The van der Waals surface area contributed by atoms with Gasteiger partial charge in [-0.1, -0.05) is 50.6 Å². The van der Waals surface area contributed by atoms with Crippen LogP contribution in [0.15, 0.2) is 36.0 Å². The molecule has 0 aliphatic carbocycles.